The van der Waals surface area contributed by atoms with Crippen LogP contribution in [0, 0.1) is 0 Å². The molecule has 2 N–H and O–H groups in total. The minimum absolute atomic E-state index is 0.00117. The Morgan fingerprint density at radius 3 is 1.92 bits per heavy atom. The number of methoxy groups -OCH3 is 3. The van der Waals surface area contributed by atoms with Crippen molar-refractivity contribution >= 4 is 33.8 Å². The van der Waals surface area contributed by atoms with Gasteiger partial charge < -0.3 is 34.1 Å². The summed E-state index contributed by atoms with van der Waals surface area (Å²) in [6, 6.07) is 11.3. The van der Waals surface area contributed by atoms with Crippen LogP contribution in [0.3, 0.4) is 0 Å². The lowest BCUT2D eigenvalue weighted by Crippen LogP contribution is -2.49. The number of halogens is 1. The molecule has 1 fully saturated rings. The predicted octanol–water partition coefficient (Wildman–Crippen LogP) is 2.35. The normalized spacial score (nSPS) is 13.2. The van der Waals surface area contributed by atoms with E-state index in [1.807, 2.05) is 41.3 Å². The summed E-state index contributed by atoms with van der Waals surface area (Å²) in [6.45, 7) is 3.64. The van der Waals surface area contributed by atoms with Crippen molar-refractivity contribution in [2.24, 2.45) is 0 Å². The number of piperazine rings is 1. The van der Waals surface area contributed by atoms with Gasteiger partial charge in [-0.15, -0.1) is 0 Å². The van der Waals surface area contributed by atoms with Crippen molar-refractivity contribution in [2.75, 3.05) is 54.1 Å². The second-order valence-electron chi connectivity index (χ2n) is 7.50. The molecule has 1 amide bonds. The van der Waals surface area contributed by atoms with E-state index in [9.17, 15) is 4.79 Å². The van der Waals surface area contributed by atoms with E-state index in [0.717, 1.165) is 23.1 Å². The number of hydrogen-bond donors (Lipinski definition) is 2. The molecule has 0 aliphatic carbocycles. The standard InChI is InChI=1S/C22H27BrN2O5.C2H2O4/c1-27-19-9-4-16(21(28-2)22(19)29-3)14-24-10-12-25(13-11-24)20(26)15-30-18-7-5-17(23)6-8-18;3-1(4)2(5)6/h4-9H,10-15H2,1-3H3;(H,3,4)(H,5,6). The molecule has 3 rings (SSSR count). The second-order valence-corrected chi connectivity index (χ2v) is 8.42. The Balaban J connectivity index is 0.000000678. The monoisotopic (exact) mass is 568 g/mol. The van der Waals surface area contributed by atoms with E-state index in [0.29, 0.717) is 42.6 Å². The molecule has 36 heavy (non-hydrogen) atoms. The third-order valence-electron chi connectivity index (χ3n) is 5.26. The number of aliphatic carboxylic acids is 2. The molecule has 196 valence electrons. The molecule has 0 unspecified atom stereocenters. The molecule has 1 aliphatic rings. The summed E-state index contributed by atoms with van der Waals surface area (Å²) >= 11 is 3.38. The molecule has 0 radical (unpaired) electrons. The van der Waals surface area contributed by atoms with Gasteiger partial charge in [0.2, 0.25) is 5.75 Å². The number of nitrogens with zero attached hydrogens (tertiary/aromatic N) is 2. The highest BCUT2D eigenvalue weighted by molar-refractivity contribution is 9.10. The Bertz CT molecular complexity index is 1030. The van der Waals surface area contributed by atoms with Crippen LogP contribution in [0.5, 0.6) is 23.0 Å². The SMILES string of the molecule is COc1ccc(CN2CCN(C(=O)COc3ccc(Br)cc3)CC2)c(OC)c1OC.O=C(O)C(=O)O. The summed E-state index contributed by atoms with van der Waals surface area (Å²) in [7, 11) is 4.83. The van der Waals surface area contributed by atoms with E-state index in [-0.39, 0.29) is 12.5 Å². The van der Waals surface area contributed by atoms with Gasteiger partial charge in [0.1, 0.15) is 5.75 Å². The molecule has 2 aromatic rings. The Morgan fingerprint density at radius 2 is 1.42 bits per heavy atom. The summed E-state index contributed by atoms with van der Waals surface area (Å²) in [5, 5.41) is 14.8. The third kappa shape index (κ3) is 8.31. The van der Waals surface area contributed by atoms with Crippen LogP contribution in [-0.2, 0) is 20.9 Å². The van der Waals surface area contributed by atoms with Gasteiger partial charge in [0.15, 0.2) is 18.1 Å². The number of rotatable bonds is 8. The van der Waals surface area contributed by atoms with Crippen LogP contribution < -0.4 is 18.9 Å². The van der Waals surface area contributed by atoms with E-state index >= 15 is 0 Å². The van der Waals surface area contributed by atoms with Gasteiger partial charge in [0, 0.05) is 42.8 Å². The smallest absolute Gasteiger partial charge is 0.414 e. The summed E-state index contributed by atoms with van der Waals surface area (Å²) in [6.07, 6.45) is 0. The average Bonchev–Trinajstić information content (AvgIpc) is 2.88. The second kappa shape index (κ2) is 14.1. The van der Waals surface area contributed by atoms with Crippen LogP contribution in [0.15, 0.2) is 40.9 Å². The maximum atomic E-state index is 12.5. The first-order chi connectivity index (χ1) is 17.2. The minimum Gasteiger partial charge on any atom is -0.493 e. The topological polar surface area (TPSA) is 135 Å². The van der Waals surface area contributed by atoms with Crippen LogP contribution in [0.2, 0.25) is 0 Å². The lowest BCUT2D eigenvalue weighted by Gasteiger charge is -2.35. The van der Waals surface area contributed by atoms with Crippen molar-refractivity contribution in [3.8, 4) is 23.0 Å². The number of carboxylic acid groups (broad SMARTS) is 2. The fourth-order valence-electron chi connectivity index (χ4n) is 3.45. The van der Waals surface area contributed by atoms with Crippen LogP contribution in [0.4, 0.5) is 0 Å². The molecular weight excluding hydrogens is 540 g/mol. The van der Waals surface area contributed by atoms with Crippen molar-refractivity contribution in [1.82, 2.24) is 9.80 Å². The third-order valence-corrected chi connectivity index (χ3v) is 5.79. The van der Waals surface area contributed by atoms with Gasteiger partial charge in [-0.05, 0) is 30.3 Å². The first kappa shape index (κ1) is 28.7. The molecule has 0 spiro atoms. The van der Waals surface area contributed by atoms with Crippen molar-refractivity contribution in [2.45, 2.75) is 6.54 Å². The summed E-state index contributed by atoms with van der Waals surface area (Å²) in [5.41, 5.74) is 1.02. The molecule has 1 heterocycles. The van der Waals surface area contributed by atoms with Crippen molar-refractivity contribution in [3.05, 3.63) is 46.4 Å². The molecular formula is C24H29BrN2O9. The Kier molecular flexibility index (Phi) is 11.3. The first-order valence-electron chi connectivity index (χ1n) is 10.8. The zero-order valence-electron chi connectivity index (χ0n) is 20.2. The van der Waals surface area contributed by atoms with Gasteiger partial charge in [-0.3, -0.25) is 9.69 Å². The summed E-state index contributed by atoms with van der Waals surface area (Å²) < 4.78 is 23.0. The number of carbonyl (C=O) groups is 3. The van der Waals surface area contributed by atoms with Crippen LogP contribution in [-0.4, -0.2) is 92.0 Å². The molecule has 11 nitrogen and oxygen atoms in total. The van der Waals surface area contributed by atoms with Gasteiger partial charge in [-0.1, -0.05) is 22.0 Å². The first-order valence-corrected chi connectivity index (χ1v) is 11.6. The molecule has 1 aliphatic heterocycles. The molecule has 0 aromatic heterocycles. The zero-order valence-corrected chi connectivity index (χ0v) is 21.8. The molecule has 0 atom stereocenters. The number of benzene rings is 2. The van der Waals surface area contributed by atoms with Crippen LogP contribution >= 0.6 is 15.9 Å². The van der Waals surface area contributed by atoms with Gasteiger partial charge >= 0.3 is 11.9 Å². The minimum atomic E-state index is -1.82. The quantitative estimate of drug-likeness (QED) is 0.457. The van der Waals surface area contributed by atoms with E-state index in [4.69, 9.17) is 38.7 Å². The van der Waals surface area contributed by atoms with Crippen LogP contribution in [0.25, 0.3) is 0 Å². The maximum Gasteiger partial charge on any atom is 0.414 e. The fraction of sp³-hybridized carbons (Fsp3) is 0.375. The zero-order chi connectivity index (χ0) is 26.7. The highest BCUT2D eigenvalue weighted by Gasteiger charge is 2.23. The number of carboxylic acids is 2. The van der Waals surface area contributed by atoms with Gasteiger partial charge in [-0.25, -0.2) is 9.59 Å². The summed E-state index contributed by atoms with van der Waals surface area (Å²) in [5.74, 6) is -1.05. The van der Waals surface area contributed by atoms with E-state index in [1.165, 1.54) is 0 Å². The van der Waals surface area contributed by atoms with E-state index in [1.54, 1.807) is 21.3 Å². The van der Waals surface area contributed by atoms with Gasteiger partial charge in [0.25, 0.3) is 5.91 Å². The predicted molar refractivity (Wildman–Crippen MR) is 133 cm³/mol. The number of ether oxygens (including phenoxy) is 4. The fourth-order valence-corrected chi connectivity index (χ4v) is 3.72. The number of carbonyl (C=O) groups excluding carboxylic acids is 1. The lowest BCUT2D eigenvalue weighted by atomic mass is 10.1. The van der Waals surface area contributed by atoms with Crippen LogP contribution in [0.1, 0.15) is 5.56 Å². The van der Waals surface area contributed by atoms with Gasteiger partial charge in [0.05, 0.1) is 21.3 Å². The highest BCUT2D eigenvalue weighted by atomic mass is 79.9. The van der Waals surface area contributed by atoms with E-state index < -0.39 is 11.9 Å². The van der Waals surface area contributed by atoms with Crippen molar-refractivity contribution in [3.63, 3.8) is 0 Å². The van der Waals surface area contributed by atoms with E-state index in [2.05, 4.69) is 20.8 Å². The van der Waals surface area contributed by atoms with Gasteiger partial charge in [-0.2, -0.15) is 0 Å². The maximum absolute atomic E-state index is 12.5. The lowest BCUT2D eigenvalue weighted by molar-refractivity contribution is -0.159. The highest BCUT2D eigenvalue weighted by Crippen LogP contribution is 2.40. The Morgan fingerprint density at radius 1 is 0.833 bits per heavy atom. The number of hydrogen-bond acceptors (Lipinski definition) is 8. The van der Waals surface area contributed by atoms with Crippen molar-refractivity contribution < 1.29 is 43.5 Å². The Hall–Kier alpha value is -3.51. The number of amides is 1. The molecule has 0 saturated carbocycles. The largest absolute Gasteiger partial charge is 0.493 e. The molecule has 1 saturated heterocycles. The summed E-state index contributed by atoms with van der Waals surface area (Å²) in [4.78, 5) is 34.8. The Labute approximate surface area is 217 Å². The molecule has 0 bridgehead atoms. The molecule has 12 heteroatoms. The van der Waals surface area contributed by atoms with Crippen molar-refractivity contribution in [1.29, 1.82) is 0 Å². The average molecular weight is 569 g/mol. The molecule has 2 aromatic carbocycles.